The zero-order chi connectivity index (χ0) is 32.3. The summed E-state index contributed by atoms with van der Waals surface area (Å²) in [5.41, 5.74) is 3.74. The first-order valence-electron chi connectivity index (χ1n) is 16.0. The van der Waals surface area contributed by atoms with Gasteiger partial charge in [0.05, 0.1) is 44.6 Å². The average Bonchev–Trinajstić information content (AvgIpc) is 3.39. The summed E-state index contributed by atoms with van der Waals surface area (Å²) in [6.07, 6.45) is -1.21. The van der Waals surface area contributed by atoms with E-state index in [9.17, 15) is 19.8 Å². The van der Waals surface area contributed by atoms with E-state index in [1.54, 1.807) is 0 Å². The Labute approximate surface area is 270 Å². The van der Waals surface area contributed by atoms with Crippen LogP contribution in [-0.4, -0.2) is 91.9 Å². The van der Waals surface area contributed by atoms with E-state index in [-0.39, 0.29) is 12.3 Å². The van der Waals surface area contributed by atoms with E-state index in [0.717, 1.165) is 60.9 Å². The molecule has 46 heavy (non-hydrogen) atoms. The van der Waals surface area contributed by atoms with Gasteiger partial charge in [-0.2, -0.15) is 0 Å². The summed E-state index contributed by atoms with van der Waals surface area (Å²) in [4.78, 5) is 28.5. The van der Waals surface area contributed by atoms with Crippen molar-refractivity contribution in [3.05, 3.63) is 101 Å². The lowest BCUT2D eigenvalue weighted by molar-refractivity contribution is -0.127. The molecule has 0 radical (unpaired) electrons. The van der Waals surface area contributed by atoms with Crippen LogP contribution in [0.4, 0.5) is 4.79 Å². The minimum absolute atomic E-state index is 0.0790. The number of nitrogens with one attached hydrogen (secondary N) is 2. The first-order chi connectivity index (χ1) is 22.4. The molecule has 1 fully saturated rings. The molecule has 0 spiro atoms. The molecule has 10 nitrogen and oxygen atoms in total. The van der Waals surface area contributed by atoms with Gasteiger partial charge in [0, 0.05) is 32.0 Å². The van der Waals surface area contributed by atoms with Crippen molar-refractivity contribution in [1.29, 1.82) is 0 Å². The van der Waals surface area contributed by atoms with Gasteiger partial charge >= 0.3 is 6.09 Å². The van der Waals surface area contributed by atoms with Crippen molar-refractivity contribution in [3.63, 3.8) is 0 Å². The maximum Gasteiger partial charge on any atom is 0.407 e. The molecule has 4 N–H and O–H groups in total. The molecule has 1 aliphatic carbocycles. The number of aliphatic hydroxyl groups excluding tert-OH is 2. The number of hydrogen-bond donors (Lipinski definition) is 4. The number of alkyl carbamates (subject to hydrolysis) is 1. The van der Waals surface area contributed by atoms with Gasteiger partial charge < -0.3 is 35.1 Å². The van der Waals surface area contributed by atoms with E-state index in [4.69, 9.17) is 14.2 Å². The predicted octanol–water partition coefficient (Wildman–Crippen LogP) is 3.05. The maximum absolute atomic E-state index is 13.9. The largest absolute Gasteiger partial charge is 0.492 e. The summed E-state index contributed by atoms with van der Waals surface area (Å²) in [6, 6.07) is 23.7. The molecular weight excluding hydrogens is 586 g/mol. The van der Waals surface area contributed by atoms with Gasteiger partial charge in [0.25, 0.3) is 0 Å². The normalized spacial score (nSPS) is 19.8. The number of methoxy groups -OCH3 is 1. The Balaban J connectivity index is 1.29. The summed E-state index contributed by atoms with van der Waals surface area (Å²) < 4.78 is 16.2. The molecule has 1 heterocycles. The van der Waals surface area contributed by atoms with Crippen LogP contribution in [0.1, 0.15) is 34.7 Å². The monoisotopic (exact) mass is 631 g/mol. The summed E-state index contributed by atoms with van der Waals surface area (Å²) in [6.45, 7) is 4.69. The topological polar surface area (TPSA) is 130 Å². The number of amides is 2. The molecule has 3 aromatic rings. The second kappa shape index (κ2) is 16.6. The Morgan fingerprint density at radius 3 is 2.39 bits per heavy atom. The van der Waals surface area contributed by atoms with Crippen LogP contribution in [0.15, 0.2) is 78.9 Å². The van der Waals surface area contributed by atoms with Crippen LogP contribution < -0.4 is 15.4 Å². The highest BCUT2D eigenvalue weighted by Gasteiger charge is 2.35. The van der Waals surface area contributed by atoms with Gasteiger partial charge in [0.1, 0.15) is 12.4 Å². The lowest BCUT2D eigenvalue weighted by atomic mass is 9.88. The smallest absolute Gasteiger partial charge is 0.407 e. The molecule has 3 aromatic carbocycles. The third-order valence-corrected chi connectivity index (χ3v) is 8.84. The Hall–Kier alpha value is -3.96. The van der Waals surface area contributed by atoms with Crippen LogP contribution in [-0.2, 0) is 33.5 Å². The number of morpholine rings is 1. The molecule has 3 unspecified atom stereocenters. The van der Waals surface area contributed by atoms with Crippen LogP contribution in [0.5, 0.6) is 5.75 Å². The van der Waals surface area contributed by atoms with Gasteiger partial charge in [0.15, 0.2) is 0 Å². The van der Waals surface area contributed by atoms with Crippen LogP contribution in [0.2, 0.25) is 0 Å². The highest BCUT2D eigenvalue weighted by Crippen LogP contribution is 2.32. The number of fused-ring (bicyclic) bond motifs is 1. The number of aliphatic hydroxyl groups is 2. The van der Waals surface area contributed by atoms with Crippen LogP contribution >= 0.6 is 0 Å². The van der Waals surface area contributed by atoms with Gasteiger partial charge in [-0.15, -0.1) is 0 Å². The van der Waals surface area contributed by atoms with Crippen LogP contribution in [0.3, 0.4) is 0 Å². The molecule has 5 atom stereocenters. The van der Waals surface area contributed by atoms with Gasteiger partial charge in [-0.25, -0.2) is 4.79 Å². The molecule has 1 saturated heterocycles. The van der Waals surface area contributed by atoms with Crippen molar-refractivity contribution >= 4 is 12.0 Å². The number of carbonyl (C=O) groups is 2. The van der Waals surface area contributed by atoms with E-state index in [1.165, 1.54) is 7.11 Å². The third-order valence-electron chi connectivity index (χ3n) is 8.84. The molecule has 0 bridgehead atoms. The minimum Gasteiger partial charge on any atom is -0.492 e. The number of hydrogen-bond acceptors (Lipinski definition) is 8. The summed E-state index contributed by atoms with van der Waals surface area (Å²) in [7, 11) is 1.28. The number of benzene rings is 3. The van der Waals surface area contributed by atoms with E-state index < -0.39 is 36.3 Å². The Morgan fingerprint density at radius 2 is 1.65 bits per heavy atom. The summed E-state index contributed by atoms with van der Waals surface area (Å²) in [5, 5.41) is 28.2. The zero-order valence-corrected chi connectivity index (χ0v) is 26.3. The fourth-order valence-corrected chi connectivity index (χ4v) is 6.24. The molecular formula is C36H45N3O7. The Kier molecular flexibility index (Phi) is 12.0. The number of ether oxygens (including phenoxy) is 3. The molecule has 2 amide bonds. The number of rotatable bonds is 14. The second-order valence-corrected chi connectivity index (χ2v) is 12.0. The first kappa shape index (κ1) is 33.4. The molecule has 10 heteroatoms. The second-order valence-electron chi connectivity index (χ2n) is 12.0. The number of carbonyl (C=O) groups excluding carboxylic acids is 2. The molecule has 0 aromatic heterocycles. The van der Waals surface area contributed by atoms with E-state index in [2.05, 4.69) is 15.5 Å². The van der Waals surface area contributed by atoms with Crippen molar-refractivity contribution in [2.75, 3.05) is 46.6 Å². The molecule has 5 rings (SSSR count). The quantitative estimate of drug-likeness (QED) is 0.214. The van der Waals surface area contributed by atoms with Gasteiger partial charge in [0.2, 0.25) is 5.91 Å². The van der Waals surface area contributed by atoms with E-state index in [1.807, 2.05) is 78.9 Å². The van der Waals surface area contributed by atoms with Crippen molar-refractivity contribution in [1.82, 2.24) is 15.5 Å². The fourth-order valence-electron chi connectivity index (χ4n) is 6.24. The van der Waals surface area contributed by atoms with Gasteiger partial charge in [-0.3, -0.25) is 9.69 Å². The SMILES string of the molecule is COC(=O)NC(Cc1ccccc1)C(O)CC(Cc1ccc(OCCN2CCOCC2)cc1)C(=O)N[C@H]1c2ccccc2C[C@@H]1O. The van der Waals surface area contributed by atoms with Crippen LogP contribution in [0.25, 0.3) is 0 Å². The van der Waals surface area contributed by atoms with Crippen molar-refractivity contribution in [2.24, 2.45) is 5.92 Å². The van der Waals surface area contributed by atoms with Crippen LogP contribution in [0, 0.1) is 5.92 Å². The maximum atomic E-state index is 13.9. The average molecular weight is 632 g/mol. The standard InChI is InChI=1S/C36H45N3O7/c1-44-36(43)37-31(22-25-7-3-2-4-8-25)32(40)24-28(35(42)38-34-30-10-6-5-9-27(30)23-33(34)41)21-26-11-13-29(14-12-26)46-20-17-39-15-18-45-19-16-39/h2-14,28,31-34,40-41H,15-24H2,1H3,(H,37,43)(H,38,42)/t28?,31?,32?,33-,34-/m0/s1. The van der Waals surface area contributed by atoms with E-state index >= 15 is 0 Å². The summed E-state index contributed by atoms with van der Waals surface area (Å²) in [5.74, 6) is -0.183. The lowest BCUT2D eigenvalue weighted by Gasteiger charge is -2.28. The van der Waals surface area contributed by atoms with Crippen molar-refractivity contribution in [3.8, 4) is 5.75 Å². The molecule has 1 aliphatic heterocycles. The highest BCUT2D eigenvalue weighted by atomic mass is 16.5. The predicted molar refractivity (Wildman–Crippen MR) is 174 cm³/mol. The highest BCUT2D eigenvalue weighted by molar-refractivity contribution is 5.80. The molecule has 0 saturated carbocycles. The van der Waals surface area contributed by atoms with E-state index in [0.29, 0.717) is 25.9 Å². The molecule has 246 valence electrons. The first-order valence-corrected chi connectivity index (χ1v) is 16.0. The molecule has 2 aliphatic rings. The fraction of sp³-hybridized carbons (Fsp3) is 0.444. The van der Waals surface area contributed by atoms with Crippen molar-refractivity contribution in [2.45, 2.75) is 50.0 Å². The Morgan fingerprint density at radius 1 is 0.957 bits per heavy atom. The third kappa shape index (κ3) is 9.29. The van der Waals surface area contributed by atoms with Crippen molar-refractivity contribution < 1.29 is 34.0 Å². The number of nitrogens with zero attached hydrogens (tertiary/aromatic N) is 1. The minimum atomic E-state index is -1.06. The van der Waals surface area contributed by atoms with Gasteiger partial charge in [-0.1, -0.05) is 66.7 Å². The Bertz CT molecular complexity index is 1400. The zero-order valence-electron chi connectivity index (χ0n) is 26.3. The van der Waals surface area contributed by atoms with Gasteiger partial charge in [-0.05, 0) is 53.6 Å². The summed E-state index contributed by atoms with van der Waals surface area (Å²) >= 11 is 0. The lowest BCUT2D eigenvalue weighted by Crippen LogP contribution is -2.47.